The van der Waals surface area contributed by atoms with Crippen molar-refractivity contribution in [1.29, 1.82) is 0 Å². The standard InChI is InChI=1S/C32H36Cl2N2O5/c1-39-26-17-27(40-2)19-28(18-26)41-21-31(37)36(20-23-13-14-24(33)16-29(23)34)30(15-22-9-5-3-6-10-22)32(38)35-25-11-7-4-8-12-25/h3,5-6,9-10,13-14,16-19,25,30H,4,7-8,11-12,15,20-21H2,1-2H3,(H,35,38)/t30-/m0/s1. The molecule has 1 aliphatic rings. The van der Waals surface area contributed by atoms with E-state index in [1.165, 1.54) is 6.42 Å². The van der Waals surface area contributed by atoms with Crippen LogP contribution in [0, 0.1) is 0 Å². The quantitative estimate of drug-likeness (QED) is 0.258. The Morgan fingerprint density at radius 1 is 0.902 bits per heavy atom. The molecule has 0 heterocycles. The van der Waals surface area contributed by atoms with Crippen LogP contribution in [0.2, 0.25) is 10.0 Å². The highest BCUT2D eigenvalue weighted by molar-refractivity contribution is 6.35. The van der Waals surface area contributed by atoms with Gasteiger partial charge >= 0.3 is 0 Å². The van der Waals surface area contributed by atoms with Crippen molar-refractivity contribution in [3.8, 4) is 17.2 Å². The number of benzene rings is 3. The maximum absolute atomic E-state index is 13.9. The zero-order valence-corrected chi connectivity index (χ0v) is 24.9. The summed E-state index contributed by atoms with van der Waals surface area (Å²) < 4.78 is 16.6. The predicted octanol–water partition coefficient (Wildman–Crippen LogP) is 6.48. The lowest BCUT2D eigenvalue weighted by Gasteiger charge is -2.33. The second kappa shape index (κ2) is 15.0. The van der Waals surface area contributed by atoms with Crippen molar-refractivity contribution in [3.63, 3.8) is 0 Å². The Morgan fingerprint density at radius 3 is 2.20 bits per heavy atom. The minimum atomic E-state index is -0.790. The molecule has 1 atom stereocenters. The smallest absolute Gasteiger partial charge is 0.261 e. The summed E-state index contributed by atoms with van der Waals surface area (Å²) in [6.45, 7) is -0.196. The highest BCUT2D eigenvalue weighted by atomic mass is 35.5. The Labute approximate surface area is 251 Å². The van der Waals surface area contributed by atoms with Crippen LogP contribution in [0.1, 0.15) is 43.2 Å². The number of halogens is 2. The number of carbonyl (C=O) groups excluding carboxylic acids is 2. The topological polar surface area (TPSA) is 77.1 Å². The van der Waals surface area contributed by atoms with Crippen molar-refractivity contribution in [2.75, 3.05) is 20.8 Å². The Bertz CT molecular complexity index is 1290. The van der Waals surface area contributed by atoms with E-state index in [0.29, 0.717) is 39.3 Å². The first-order chi connectivity index (χ1) is 19.9. The summed E-state index contributed by atoms with van der Waals surface area (Å²) in [6.07, 6.45) is 5.53. The number of ether oxygens (including phenoxy) is 3. The monoisotopic (exact) mass is 598 g/mol. The molecule has 1 saturated carbocycles. The first kappa shape index (κ1) is 30.5. The molecule has 9 heteroatoms. The normalized spacial score (nSPS) is 14.1. The van der Waals surface area contributed by atoms with E-state index in [4.69, 9.17) is 37.4 Å². The molecule has 0 spiro atoms. The first-order valence-electron chi connectivity index (χ1n) is 13.8. The Morgan fingerprint density at radius 2 is 1.56 bits per heavy atom. The van der Waals surface area contributed by atoms with Gasteiger partial charge in [-0.15, -0.1) is 0 Å². The second-order valence-electron chi connectivity index (χ2n) is 10.1. The second-order valence-corrected chi connectivity index (χ2v) is 11.0. The minimum Gasteiger partial charge on any atom is -0.496 e. The summed E-state index contributed by atoms with van der Waals surface area (Å²) in [4.78, 5) is 29.4. The Balaban J connectivity index is 1.64. The predicted molar refractivity (Wildman–Crippen MR) is 161 cm³/mol. The van der Waals surface area contributed by atoms with E-state index in [0.717, 1.165) is 31.2 Å². The molecule has 3 aromatic carbocycles. The van der Waals surface area contributed by atoms with Crippen LogP contribution in [0.25, 0.3) is 0 Å². The van der Waals surface area contributed by atoms with Gasteiger partial charge in [-0.3, -0.25) is 9.59 Å². The summed E-state index contributed by atoms with van der Waals surface area (Å²) >= 11 is 12.7. The highest BCUT2D eigenvalue weighted by Crippen LogP contribution is 2.28. The number of nitrogens with zero attached hydrogens (tertiary/aromatic N) is 1. The third-order valence-corrected chi connectivity index (χ3v) is 7.85. The number of carbonyl (C=O) groups is 2. The molecule has 4 rings (SSSR count). The molecule has 1 N–H and O–H groups in total. The SMILES string of the molecule is COc1cc(OC)cc(OCC(=O)N(Cc2ccc(Cl)cc2Cl)[C@@H](Cc2ccccc2)C(=O)NC2CCCCC2)c1. The minimum absolute atomic E-state index is 0.0890. The van der Waals surface area contributed by atoms with Gasteiger partial charge in [0.1, 0.15) is 23.3 Å². The van der Waals surface area contributed by atoms with Gasteiger partial charge in [0.15, 0.2) is 6.61 Å². The van der Waals surface area contributed by atoms with Crippen LogP contribution in [0.3, 0.4) is 0 Å². The van der Waals surface area contributed by atoms with E-state index in [2.05, 4.69) is 5.32 Å². The lowest BCUT2D eigenvalue weighted by atomic mass is 9.94. The van der Waals surface area contributed by atoms with Crippen LogP contribution >= 0.6 is 23.2 Å². The third kappa shape index (κ3) is 8.78. The summed E-state index contributed by atoms with van der Waals surface area (Å²) in [6, 6.07) is 19.2. The Hall–Kier alpha value is -3.42. The molecule has 0 saturated heterocycles. The van der Waals surface area contributed by atoms with Gasteiger partial charge in [-0.2, -0.15) is 0 Å². The molecule has 1 aliphatic carbocycles. The molecule has 3 aromatic rings. The van der Waals surface area contributed by atoms with Gasteiger partial charge in [0.2, 0.25) is 5.91 Å². The molecule has 0 aliphatic heterocycles. The van der Waals surface area contributed by atoms with E-state index in [1.807, 2.05) is 30.3 Å². The fourth-order valence-corrected chi connectivity index (χ4v) is 5.49. The molecule has 41 heavy (non-hydrogen) atoms. The van der Waals surface area contributed by atoms with E-state index in [1.54, 1.807) is 55.5 Å². The van der Waals surface area contributed by atoms with Crippen molar-refractivity contribution in [3.05, 3.63) is 87.9 Å². The first-order valence-corrected chi connectivity index (χ1v) is 14.6. The Kier molecular flexibility index (Phi) is 11.2. The summed E-state index contributed by atoms with van der Waals surface area (Å²) in [5.41, 5.74) is 1.62. The molecule has 0 aromatic heterocycles. The van der Waals surface area contributed by atoms with Crippen molar-refractivity contribution >= 4 is 35.0 Å². The summed E-state index contributed by atoms with van der Waals surface area (Å²) in [5, 5.41) is 4.13. The number of hydrogen-bond donors (Lipinski definition) is 1. The fourth-order valence-electron chi connectivity index (χ4n) is 5.02. The van der Waals surface area contributed by atoms with Crippen molar-refractivity contribution in [1.82, 2.24) is 10.2 Å². The lowest BCUT2D eigenvalue weighted by Crippen LogP contribution is -2.53. The van der Waals surface area contributed by atoms with E-state index < -0.39 is 6.04 Å². The van der Waals surface area contributed by atoms with Gasteiger partial charge in [-0.05, 0) is 36.1 Å². The fraction of sp³-hybridized carbons (Fsp3) is 0.375. The molecular formula is C32H36Cl2N2O5. The van der Waals surface area contributed by atoms with Crippen LogP contribution in [0.4, 0.5) is 0 Å². The van der Waals surface area contributed by atoms with Gasteiger partial charge in [0.05, 0.1) is 14.2 Å². The molecule has 0 radical (unpaired) electrons. The van der Waals surface area contributed by atoms with Gasteiger partial charge in [0, 0.05) is 47.3 Å². The van der Waals surface area contributed by atoms with E-state index >= 15 is 0 Å². The van der Waals surface area contributed by atoms with Crippen molar-refractivity contribution < 1.29 is 23.8 Å². The zero-order chi connectivity index (χ0) is 29.2. The summed E-state index contributed by atoms with van der Waals surface area (Å²) in [5.74, 6) is 0.917. The molecular weight excluding hydrogens is 563 g/mol. The number of rotatable bonds is 12. The summed E-state index contributed by atoms with van der Waals surface area (Å²) in [7, 11) is 3.08. The van der Waals surface area contributed by atoms with Gasteiger partial charge in [-0.1, -0.05) is 78.9 Å². The molecule has 7 nitrogen and oxygen atoms in total. The number of nitrogens with one attached hydrogen (secondary N) is 1. The maximum Gasteiger partial charge on any atom is 0.261 e. The molecule has 0 unspecified atom stereocenters. The van der Waals surface area contributed by atoms with Crippen LogP contribution < -0.4 is 19.5 Å². The van der Waals surface area contributed by atoms with Crippen LogP contribution in [0.15, 0.2) is 66.7 Å². The zero-order valence-electron chi connectivity index (χ0n) is 23.4. The van der Waals surface area contributed by atoms with Crippen LogP contribution in [-0.2, 0) is 22.6 Å². The van der Waals surface area contributed by atoms with Gasteiger partial charge in [-0.25, -0.2) is 0 Å². The van der Waals surface area contributed by atoms with Gasteiger partial charge in [0.25, 0.3) is 5.91 Å². The van der Waals surface area contributed by atoms with Crippen LogP contribution in [0.5, 0.6) is 17.2 Å². The average molecular weight is 600 g/mol. The number of amides is 2. The largest absolute Gasteiger partial charge is 0.496 e. The van der Waals surface area contributed by atoms with Crippen molar-refractivity contribution in [2.45, 2.75) is 57.2 Å². The number of methoxy groups -OCH3 is 2. The lowest BCUT2D eigenvalue weighted by molar-refractivity contribution is -0.143. The van der Waals surface area contributed by atoms with Gasteiger partial charge < -0.3 is 24.4 Å². The molecule has 2 amide bonds. The van der Waals surface area contributed by atoms with Crippen molar-refractivity contribution in [2.24, 2.45) is 0 Å². The average Bonchev–Trinajstić information content (AvgIpc) is 2.99. The number of hydrogen-bond acceptors (Lipinski definition) is 5. The maximum atomic E-state index is 13.9. The molecule has 218 valence electrons. The third-order valence-electron chi connectivity index (χ3n) is 7.27. The van der Waals surface area contributed by atoms with E-state index in [9.17, 15) is 9.59 Å². The highest BCUT2D eigenvalue weighted by Gasteiger charge is 2.32. The van der Waals surface area contributed by atoms with E-state index in [-0.39, 0.29) is 31.0 Å². The van der Waals surface area contributed by atoms with Crippen LogP contribution in [-0.4, -0.2) is 49.6 Å². The molecule has 1 fully saturated rings. The molecule has 0 bridgehead atoms.